The van der Waals surface area contributed by atoms with Gasteiger partial charge in [0.25, 0.3) is 0 Å². The van der Waals surface area contributed by atoms with E-state index in [2.05, 4.69) is 17.0 Å². The lowest BCUT2D eigenvalue weighted by atomic mass is 10.1. The quantitative estimate of drug-likeness (QED) is 0.148. The number of aliphatic imine (C=N–C) groups is 1. The van der Waals surface area contributed by atoms with Crippen LogP contribution >= 0.6 is 28.7 Å². The number of nitrogens with zero attached hydrogens (tertiary/aromatic N) is 2. The van der Waals surface area contributed by atoms with Crippen molar-refractivity contribution in [3.05, 3.63) is 126 Å². The van der Waals surface area contributed by atoms with E-state index in [4.69, 9.17) is 14.5 Å². The number of amidine groups is 1. The van der Waals surface area contributed by atoms with Crippen LogP contribution in [-0.4, -0.2) is 24.3 Å². The Kier molecular flexibility index (Phi) is 11.0. The Bertz CT molecular complexity index is 1220. The molecule has 4 rings (SSSR count). The molecular weight excluding hydrogens is 551 g/mol. The SMILES string of the molecule is Br.COc1ccc(CN(Cc2ccc(OC)cc2)C(=Nc2ccccc2F)SCc2ccccc2)cc1. The van der Waals surface area contributed by atoms with Crippen molar-refractivity contribution < 1.29 is 13.9 Å². The lowest BCUT2D eigenvalue weighted by Crippen LogP contribution is -2.28. The Morgan fingerprint density at radius 3 is 1.73 bits per heavy atom. The van der Waals surface area contributed by atoms with Gasteiger partial charge in [-0.05, 0) is 53.1 Å². The van der Waals surface area contributed by atoms with Crippen molar-refractivity contribution in [3.63, 3.8) is 0 Å². The number of para-hydroxylation sites is 1. The van der Waals surface area contributed by atoms with E-state index in [0.29, 0.717) is 18.8 Å². The van der Waals surface area contributed by atoms with Gasteiger partial charge in [-0.2, -0.15) is 0 Å². The van der Waals surface area contributed by atoms with Crippen molar-refractivity contribution in [1.82, 2.24) is 4.90 Å². The number of halogens is 2. The fourth-order valence-corrected chi connectivity index (χ4v) is 4.62. The van der Waals surface area contributed by atoms with Crippen LogP contribution in [0.1, 0.15) is 16.7 Å². The molecule has 0 saturated heterocycles. The van der Waals surface area contributed by atoms with Crippen molar-refractivity contribution in [2.75, 3.05) is 14.2 Å². The van der Waals surface area contributed by atoms with E-state index >= 15 is 0 Å². The molecule has 7 heteroatoms. The molecule has 0 aliphatic rings. The van der Waals surface area contributed by atoms with Gasteiger partial charge in [-0.3, -0.25) is 0 Å². The van der Waals surface area contributed by atoms with Gasteiger partial charge in [-0.15, -0.1) is 17.0 Å². The second kappa shape index (κ2) is 14.4. The average molecular weight is 582 g/mol. The number of ether oxygens (including phenoxy) is 2. The first kappa shape index (κ1) is 28.3. The number of benzene rings is 4. The molecule has 0 atom stereocenters. The summed E-state index contributed by atoms with van der Waals surface area (Å²) in [5, 5.41) is 0.746. The molecule has 0 aliphatic heterocycles. The maximum absolute atomic E-state index is 14.6. The summed E-state index contributed by atoms with van der Waals surface area (Å²) in [6, 6.07) is 32.8. The van der Waals surface area contributed by atoms with Crippen molar-refractivity contribution >= 4 is 39.6 Å². The molecule has 0 fully saturated rings. The normalized spacial score (nSPS) is 10.9. The Morgan fingerprint density at radius 1 is 0.703 bits per heavy atom. The van der Waals surface area contributed by atoms with Crippen LogP contribution in [0.5, 0.6) is 11.5 Å². The smallest absolute Gasteiger partial charge is 0.165 e. The number of rotatable bonds is 9. The molecule has 0 radical (unpaired) electrons. The number of thioether (sulfide) groups is 1. The van der Waals surface area contributed by atoms with Crippen LogP contribution in [0.15, 0.2) is 108 Å². The van der Waals surface area contributed by atoms with E-state index in [0.717, 1.165) is 33.5 Å². The largest absolute Gasteiger partial charge is 0.497 e. The second-order valence-electron chi connectivity index (χ2n) is 8.17. The summed E-state index contributed by atoms with van der Waals surface area (Å²) in [4.78, 5) is 7.00. The van der Waals surface area contributed by atoms with Crippen molar-refractivity contribution in [2.24, 2.45) is 4.99 Å². The zero-order valence-electron chi connectivity index (χ0n) is 20.8. The van der Waals surface area contributed by atoms with Crippen LogP contribution < -0.4 is 9.47 Å². The van der Waals surface area contributed by atoms with Gasteiger partial charge in [0, 0.05) is 18.8 Å². The van der Waals surface area contributed by atoms with E-state index in [9.17, 15) is 4.39 Å². The molecule has 0 aromatic heterocycles. The Hall–Kier alpha value is -3.29. The minimum absolute atomic E-state index is 0. The number of hydrogen-bond acceptors (Lipinski definition) is 4. The van der Waals surface area contributed by atoms with Gasteiger partial charge >= 0.3 is 0 Å². The van der Waals surface area contributed by atoms with Crippen LogP contribution in [0, 0.1) is 5.82 Å². The topological polar surface area (TPSA) is 34.1 Å². The first-order valence-corrected chi connectivity index (χ1v) is 12.6. The molecule has 0 amide bonds. The van der Waals surface area contributed by atoms with Gasteiger partial charge < -0.3 is 14.4 Å². The zero-order chi connectivity index (χ0) is 25.2. The highest BCUT2D eigenvalue weighted by molar-refractivity contribution is 8.93. The molecule has 0 heterocycles. The summed E-state index contributed by atoms with van der Waals surface area (Å²) < 4.78 is 25.3. The highest BCUT2D eigenvalue weighted by Gasteiger charge is 2.16. The highest BCUT2D eigenvalue weighted by atomic mass is 79.9. The fraction of sp³-hybridized carbons (Fsp3) is 0.167. The minimum atomic E-state index is -0.343. The highest BCUT2D eigenvalue weighted by Crippen LogP contribution is 2.26. The maximum atomic E-state index is 14.6. The van der Waals surface area contributed by atoms with E-state index in [-0.39, 0.29) is 22.8 Å². The predicted octanol–water partition coefficient (Wildman–Crippen LogP) is 8.04. The summed E-state index contributed by atoms with van der Waals surface area (Å²) in [5.74, 6) is 1.98. The predicted molar refractivity (Wildman–Crippen MR) is 157 cm³/mol. The van der Waals surface area contributed by atoms with Gasteiger partial charge in [0.15, 0.2) is 5.17 Å². The van der Waals surface area contributed by atoms with Crippen LogP contribution in [-0.2, 0) is 18.8 Å². The van der Waals surface area contributed by atoms with Gasteiger partial charge in [-0.1, -0.05) is 78.5 Å². The van der Waals surface area contributed by atoms with Gasteiger partial charge in [0.2, 0.25) is 0 Å². The molecule has 0 aliphatic carbocycles. The van der Waals surface area contributed by atoms with Crippen LogP contribution in [0.25, 0.3) is 0 Å². The third kappa shape index (κ3) is 8.37. The van der Waals surface area contributed by atoms with Crippen LogP contribution in [0.2, 0.25) is 0 Å². The lowest BCUT2D eigenvalue weighted by Gasteiger charge is -2.26. The molecule has 4 aromatic carbocycles. The molecule has 0 saturated carbocycles. The Labute approximate surface area is 232 Å². The average Bonchev–Trinajstić information content (AvgIpc) is 2.93. The van der Waals surface area contributed by atoms with E-state index in [1.807, 2.05) is 66.7 Å². The third-order valence-electron chi connectivity index (χ3n) is 5.61. The Balaban J connectivity index is 0.00000380. The van der Waals surface area contributed by atoms with Crippen molar-refractivity contribution in [2.45, 2.75) is 18.8 Å². The van der Waals surface area contributed by atoms with Crippen molar-refractivity contribution in [1.29, 1.82) is 0 Å². The molecule has 4 nitrogen and oxygen atoms in total. The zero-order valence-corrected chi connectivity index (χ0v) is 23.4. The summed E-state index contributed by atoms with van der Waals surface area (Å²) in [5.41, 5.74) is 3.71. The summed E-state index contributed by atoms with van der Waals surface area (Å²) in [6.07, 6.45) is 0. The third-order valence-corrected chi connectivity index (χ3v) is 6.70. The van der Waals surface area contributed by atoms with E-state index in [1.165, 1.54) is 11.6 Å². The molecule has 37 heavy (non-hydrogen) atoms. The van der Waals surface area contributed by atoms with Gasteiger partial charge in [0.05, 0.1) is 14.2 Å². The molecule has 192 valence electrons. The summed E-state index contributed by atoms with van der Waals surface area (Å²) in [7, 11) is 3.31. The standard InChI is InChI=1S/C30H29FN2O2S.BrH/c1-34-26-16-12-23(13-17-26)20-33(21-24-14-18-27(35-2)19-15-24)30(32-29-11-7-6-10-28(29)31)36-22-25-8-4-3-5-9-25;/h3-19H,20-22H2,1-2H3;1H. The molecule has 0 unspecified atom stereocenters. The number of hydrogen-bond donors (Lipinski definition) is 0. The second-order valence-corrected chi connectivity index (χ2v) is 9.11. The van der Waals surface area contributed by atoms with Crippen molar-refractivity contribution in [3.8, 4) is 11.5 Å². The summed E-state index contributed by atoms with van der Waals surface area (Å²) >= 11 is 1.60. The van der Waals surface area contributed by atoms with E-state index in [1.54, 1.807) is 44.2 Å². The van der Waals surface area contributed by atoms with Gasteiger partial charge in [-0.25, -0.2) is 9.38 Å². The molecule has 4 aromatic rings. The minimum Gasteiger partial charge on any atom is -0.497 e. The molecule has 0 spiro atoms. The molecule has 0 bridgehead atoms. The molecule has 0 N–H and O–H groups in total. The Morgan fingerprint density at radius 2 is 1.22 bits per heavy atom. The number of methoxy groups -OCH3 is 2. The fourth-order valence-electron chi connectivity index (χ4n) is 3.66. The maximum Gasteiger partial charge on any atom is 0.165 e. The lowest BCUT2D eigenvalue weighted by molar-refractivity contribution is 0.405. The van der Waals surface area contributed by atoms with Gasteiger partial charge in [0.1, 0.15) is 23.0 Å². The first-order chi connectivity index (χ1) is 17.6. The first-order valence-electron chi connectivity index (χ1n) is 11.7. The van der Waals surface area contributed by atoms with Crippen LogP contribution in [0.4, 0.5) is 10.1 Å². The van der Waals surface area contributed by atoms with E-state index < -0.39 is 0 Å². The molecular formula is C30H30BrFN2O2S. The van der Waals surface area contributed by atoms with Crippen LogP contribution in [0.3, 0.4) is 0 Å². The monoisotopic (exact) mass is 580 g/mol. The summed E-state index contributed by atoms with van der Waals surface area (Å²) in [6.45, 7) is 1.20.